The molecule has 0 aromatic heterocycles. The van der Waals surface area contributed by atoms with Crippen LogP contribution in [0.15, 0.2) is 24.3 Å². The molecule has 3 nitrogen and oxygen atoms in total. The second-order valence-electron chi connectivity index (χ2n) is 4.55. The van der Waals surface area contributed by atoms with E-state index in [0.29, 0.717) is 19.8 Å². The molecular weight excluding hydrogens is 250 g/mol. The molecular formula is C14H18ClNO2. The average Bonchev–Trinajstić information content (AvgIpc) is 2.42. The fourth-order valence-corrected chi connectivity index (χ4v) is 2.21. The van der Waals surface area contributed by atoms with Crippen molar-refractivity contribution in [2.45, 2.75) is 19.3 Å². The molecule has 1 fully saturated rings. The Balaban J connectivity index is 1.71. The van der Waals surface area contributed by atoms with Crippen molar-refractivity contribution in [2.75, 3.05) is 19.8 Å². The van der Waals surface area contributed by atoms with Gasteiger partial charge in [-0.25, -0.2) is 0 Å². The lowest BCUT2D eigenvalue weighted by Crippen LogP contribution is -2.35. The largest absolute Gasteiger partial charge is 0.381 e. The highest BCUT2D eigenvalue weighted by Crippen LogP contribution is 2.14. The lowest BCUT2D eigenvalue weighted by Gasteiger charge is -2.21. The van der Waals surface area contributed by atoms with E-state index in [4.69, 9.17) is 16.3 Å². The highest BCUT2D eigenvalue weighted by molar-refractivity contribution is 6.30. The second-order valence-corrected chi connectivity index (χ2v) is 4.99. The van der Waals surface area contributed by atoms with Gasteiger partial charge in [0.05, 0.1) is 0 Å². The van der Waals surface area contributed by atoms with Crippen LogP contribution in [0.4, 0.5) is 0 Å². The molecule has 1 amide bonds. The maximum atomic E-state index is 11.9. The summed E-state index contributed by atoms with van der Waals surface area (Å²) in [7, 11) is 0. The van der Waals surface area contributed by atoms with E-state index >= 15 is 0 Å². The van der Waals surface area contributed by atoms with Gasteiger partial charge in [-0.3, -0.25) is 4.79 Å². The summed E-state index contributed by atoms with van der Waals surface area (Å²) in [4.78, 5) is 11.9. The van der Waals surface area contributed by atoms with E-state index in [9.17, 15) is 4.79 Å². The van der Waals surface area contributed by atoms with Crippen LogP contribution in [0.1, 0.15) is 18.4 Å². The van der Waals surface area contributed by atoms with E-state index in [1.165, 1.54) is 5.56 Å². The number of benzene rings is 1. The van der Waals surface area contributed by atoms with E-state index in [2.05, 4.69) is 5.32 Å². The van der Waals surface area contributed by atoms with Crippen LogP contribution in [-0.2, 0) is 16.0 Å². The minimum absolute atomic E-state index is 0.129. The van der Waals surface area contributed by atoms with Gasteiger partial charge in [0, 0.05) is 30.7 Å². The Kier molecular flexibility index (Phi) is 5.02. The fourth-order valence-electron chi connectivity index (χ4n) is 2.09. The number of hydrogen-bond acceptors (Lipinski definition) is 2. The van der Waals surface area contributed by atoms with Gasteiger partial charge in [-0.05, 0) is 37.0 Å². The van der Waals surface area contributed by atoms with Crippen molar-refractivity contribution >= 4 is 17.5 Å². The van der Waals surface area contributed by atoms with Crippen molar-refractivity contribution in [3.63, 3.8) is 0 Å². The molecule has 4 heteroatoms. The summed E-state index contributed by atoms with van der Waals surface area (Å²) in [6, 6.07) is 7.72. The molecule has 1 aliphatic rings. The predicted molar refractivity (Wildman–Crippen MR) is 71.7 cm³/mol. The van der Waals surface area contributed by atoms with Crippen molar-refractivity contribution in [1.82, 2.24) is 5.32 Å². The monoisotopic (exact) mass is 267 g/mol. The highest BCUT2D eigenvalue weighted by atomic mass is 35.5. The Morgan fingerprint density at radius 2 is 1.94 bits per heavy atom. The third-order valence-electron chi connectivity index (χ3n) is 3.22. The first-order chi connectivity index (χ1) is 8.75. The van der Waals surface area contributed by atoms with Gasteiger partial charge in [-0.2, -0.15) is 0 Å². The predicted octanol–water partition coefficient (Wildman–Crippen LogP) is 2.43. The van der Waals surface area contributed by atoms with Crippen LogP contribution in [0.3, 0.4) is 0 Å². The van der Waals surface area contributed by atoms with Gasteiger partial charge in [0.15, 0.2) is 0 Å². The van der Waals surface area contributed by atoms with Gasteiger partial charge >= 0.3 is 0 Å². The average molecular weight is 268 g/mol. The van der Waals surface area contributed by atoms with Gasteiger partial charge < -0.3 is 10.1 Å². The number of nitrogens with one attached hydrogen (secondary N) is 1. The van der Waals surface area contributed by atoms with E-state index in [0.717, 1.165) is 24.3 Å². The molecule has 0 saturated carbocycles. The first-order valence-corrected chi connectivity index (χ1v) is 6.73. The van der Waals surface area contributed by atoms with Crippen LogP contribution < -0.4 is 5.32 Å². The van der Waals surface area contributed by atoms with Gasteiger partial charge in [0.1, 0.15) is 0 Å². The third-order valence-corrected chi connectivity index (χ3v) is 3.47. The molecule has 0 radical (unpaired) electrons. The summed E-state index contributed by atoms with van der Waals surface area (Å²) in [5, 5.41) is 3.73. The Labute approximate surface area is 112 Å². The molecule has 1 aromatic carbocycles. The van der Waals surface area contributed by atoms with Crippen molar-refractivity contribution in [2.24, 2.45) is 5.92 Å². The van der Waals surface area contributed by atoms with E-state index in [1.54, 1.807) is 0 Å². The molecule has 1 aromatic rings. The Bertz CT molecular complexity index is 385. The Hall–Kier alpha value is -1.06. The molecule has 1 saturated heterocycles. The van der Waals surface area contributed by atoms with Crippen LogP contribution in [0.25, 0.3) is 0 Å². The minimum atomic E-state index is 0.129. The second kappa shape index (κ2) is 6.76. The van der Waals surface area contributed by atoms with Crippen molar-refractivity contribution < 1.29 is 9.53 Å². The zero-order valence-electron chi connectivity index (χ0n) is 10.3. The molecule has 0 aliphatic carbocycles. The number of ether oxygens (including phenoxy) is 1. The van der Waals surface area contributed by atoms with Crippen LogP contribution in [0.2, 0.25) is 5.02 Å². The zero-order valence-corrected chi connectivity index (χ0v) is 11.1. The SMILES string of the molecule is O=C(NCCc1ccc(Cl)cc1)C1CCOCC1. The number of carbonyl (C=O) groups is 1. The molecule has 0 spiro atoms. The van der Waals surface area contributed by atoms with Gasteiger partial charge in [0.25, 0.3) is 0 Å². The van der Waals surface area contributed by atoms with Gasteiger partial charge in [-0.1, -0.05) is 23.7 Å². The highest BCUT2D eigenvalue weighted by Gasteiger charge is 2.20. The minimum Gasteiger partial charge on any atom is -0.381 e. The zero-order chi connectivity index (χ0) is 12.8. The quantitative estimate of drug-likeness (QED) is 0.910. The molecule has 0 bridgehead atoms. The summed E-state index contributed by atoms with van der Waals surface area (Å²) < 4.78 is 5.24. The topological polar surface area (TPSA) is 38.3 Å². The molecule has 0 atom stereocenters. The standard InChI is InChI=1S/C14H18ClNO2/c15-13-3-1-11(2-4-13)5-8-16-14(17)12-6-9-18-10-7-12/h1-4,12H,5-10H2,(H,16,17). The van der Waals surface area contributed by atoms with Gasteiger partial charge in [0.2, 0.25) is 5.91 Å². The van der Waals surface area contributed by atoms with Crippen LogP contribution >= 0.6 is 11.6 Å². The van der Waals surface area contributed by atoms with Crippen LogP contribution in [-0.4, -0.2) is 25.7 Å². The fraction of sp³-hybridized carbons (Fsp3) is 0.500. The lowest BCUT2D eigenvalue weighted by atomic mass is 9.99. The summed E-state index contributed by atoms with van der Waals surface area (Å²) in [6.07, 6.45) is 2.52. The molecule has 1 heterocycles. The maximum Gasteiger partial charge on any atom is 0.223 e. The Morgan fingerprint density at radius 3 is 2.61 bits per heavy atom. The van der Waals surface area contributed by atoms with Crippen molar-refractivity contribution in [1.29, 1.82) is 0 Å². The number of halogens is 1. The number of hydrogen-bond donors (Lipinski definition) is 1. The maximum absolute atomic E-state index is 11.9. The van der Waals surface area contributed by atoms with Gasteiger partial charge in [-0.15, -0.1) is 0 Å². The third kappa shape index (κ3) is 4.00. The van der Waals surface area contributed by atoms with Crippen LogP contribution in [0, 0.1) is 5.92 Å². The van der Waals surface area contributed by atoms with Crippen LogP contribution in [0.5, 0.6) is 0 Å². The molecule has 98 valence electrons. The van der Waals surface area contributed by atoms with Crippen molar-refractivity contribution in [3.8, 4) is 0 Å². The van der Waals surface area contributed by atoms with E-state index in [-0.39, 0.29) is 11.8 Å². The molecule has 18 heavy (non-hydrogen) atoms. The smallest absolute Gasteiger partial charge is 0.223 e. The molecule has 1 aliphatic heterocycles. The van der Waals surface area contributed by atoms with Crippen molar-refractivity contribution in [3.05, 3.63) is 34.9 Å². The number of rotatable bonds is 4. The molecule has 0 unspecified atom stereocenters. The van der Waals surface area contributed by atoms with E-state index < -0.39 is 0 Å². The first kappa shape index (κ1) is 13.4. The number of amides is 1. The summed E-state index contributed by atoms with van der Waals surface area (Å²) in [5.41, 5.74) is 1.19. The summed E-state index contributed by atoms with van der Waals surface area (Å²) in [5.74, 6) is 0.288. The lowest BCUT2D eigenvalue weighted by molar-refractivity contribution is -0.127. The number of carbonyl (C=O) groups excluding carboxylic acids is 1. The Morgan fingerprint density at radius 1 is 1.28 bits per heavy atom. The summed E-state index contributed by atoms with van der Waals surface area (Å²) >= 11 is 5.82. The normalized spacial score (nSPS) is 16.5. The van der Waals surface area contributed by atoms with E-state index in [1.807, 2.05) is 24.3 Å². The first-order valence-electron chi connectivity index (χ1n) is 6.35. The molecule has 1 N–H and O–H groups in total. The summed E-state index contributed by atoms with van der Waals surface area (Å²) in [6.45, 7) is 2.09. The molecule has 2 rings (SSSR count).